The number of nitrogens with two attached hydrogens (primary N) is 1. The number of anilines is 4. The second kappa shape index (κ2) is 13.3. The van der Waals surface area contributed by atoms with Crippen molar-refractivity contribution in [3.8, 4) is 5.75 Å². The molecule has 1 amide bonds. The van der Waals surface area contributed by atoms with E-state index in [1.165, 1.54) is 11.8 Å². The molecule has 1 aliphatic heterocycles. The predicted octanol–water partition coefficient (Wildman–Crippen LogP) is 5.56. The SMILES string of the molecule is Cc1cc(Nc2ncc(Cl)c(Nc3ccccc3S(=O)(=O)C(C)C)n2)c(OC(C)C)cc1C1CCN(CC(N)=O)CC1. The highest BCUT2D eigenvalue weighted by atomic mass is 35.5. The van der Waals surface area contributed by atoms with Crippen LogP contribution in [0.3, 0.4) is 0 Å². The zero-order chi connectivity index (χ0) is 30.6. The molecule has 10 nitrogen and oxygen atoms in total. The summed E-state index contributed by atoms with van der Waals surface area (Å²) in [5.41, 5.74) is 8.76. The Kier molecular flexibility index (Phi) is 9.96. The number of sulfone groups is 1. The van der Waals surface area contributed by atoms with Crippen LogP contribution in [-0.4, -0.2) is 60.2 Å². The number of halogens is 1. The molecule has 1 aliphatic rings. The first-order valence-corrected chi connectivity index (χ1v) is 16.0. The monoisotopic (exact) mass is 614 g/mol. The van der Waals surface area contributed by atoms with E-state index in [1.54, 1.807) is 38.1 Å². The molecule has 0 unspecified atom stereocenters. The van der Waals surface area contributed by atoms with Crippen LogP contribution in [0.25, 0.3) is 0 Å². The first-order valence-electron chi connectivity index (χ1n) is 14.1. The van der Waals surface area contributed by atoms with Crippen LogP contribution in [0.4, 0.5) is 23.1 Å². The number of nitrogens with zero attached hydrogens (tertiary/aromatic N) is 3. The van der Waals surface area contributed by atoms with Crippen molar-refractivity contribution in [1.29, 1.82) is 0 Å². The Labute approximate surface area is 252 Å². The van der Waals surface area contributed by atoms with Crippen LogP contribution in [-0.2, 0) is 14.6 Å². The highest BCUT2D eigenvalue weighted by Gasteiger charge is 2.25. The van der Waals surface area contributed by atoms with Gasteiger partial charge < -0.3 is 21.1 Å². The lowest BCUT2D eigenvalue weighted by atomic mass is 9.86. The number of ether oxygens (including phenoxy) is 1. The van der Waals surface area contributed by atoms with Gasteiger partial charge in [-0.2, -0.15) is 4.98 Å². The second-order valence-electron chi connectivity index (χ2n) is 11.1. The number of aryl methyl sites for hydroxylation is 1. The van der Waals surface area contributed by atoms with Crippen LogP contribution in [0.15, 0.2) is 47.5 Å². The van der Waals surface area contributed by atoms with Gasteiger partial charge in [-0.05, 0) is 102 Å². The summed E-state index contributed by atoms with van der Waals surface area (Å²) in [5.74, 6) is 1.24. The molecule has 4 N–H and O–H groups in total. The summed E-state index contributed by atoms with van der Waals surface area (Å²) in [6, 6.07) is 10.8. The quantitative estimate of drug-likeness (QED) is 0.253. The Hall–Kier alpha value is -3.41. The Balaban J connectivity index is 1.61. The van der Waals surface area contributed by atoms with E-state index in [0.29, 0.717) is 23.0 Å². The van der Waals surface area contributed by atoms with Crippen LogP contribution >= 0.6 is 11.6 Å². The van der Waals surface area contributed by atoms with Gasteiger partial charge in [0.25, 0.3) is 0 Å². The zero-order valence-corrected chi connectivity index (χ0v) is 26.2. The molecular weight excluding hydrogens is 576 g/mol. The summed E-state index contributed by atoms with van der Waals surface area (Å²) < 4.78 is 32.1. The maximum absolute atomic E-state index is 12.9. The Morgan fingerprint density at radius 2 is 1.81 bits per heavy atom. The Morgan fingerprint density at radius 1 is 1.12 bits per heavy atom. The molecule has 1 saturated heterocycles. The number of hydrogen-bond acceptors (Lipinski definition) is 9. The lowest BCUT2D eigenvalue weighted by Gasteiger charge is -2.32. The van der Waals surface area contributed by atoms with Crippen molar-refractivity contribution in [2.24, 2.45) is 5.73 Å². The van der Waals surface area contributed by atoms with Crippen LogP contribution < -0.4 is 21.1 Å². The van der Waals surface area contributed by atoms with E-state index in [-0.39, 0.29) is 40.2 Å². The summed E-state index contributed by atoms with van der Waals surface area (Å²) in [4.78, 5) is 22.5. The topological polar surface area (TPSA) is 140 Å². The molecule has 0 aliphatic carbocycles. The number of carbonyl (C=O) groups is 1. The average Bonchev–Trinajstić information content (AvgIpc) is 2.92. The highest BCUT2D eigenvalue weighted by Crippen LogP contribution is 2.38. The number of benzene rings is 2. The standard InChI is InChI=1S/C30H39ClN6O4S/c1-18(2)41-26-15-22(21-10-12-37(13-11-21)17-28(32)38)20(5)14-25(26)35-30-33-16-23(31)29(36-30)34-24-8-6-7-9-27(24)42(39,40)19(3)4/h6-9,14-16,18-19,21H,10-13,17H2,1-5H3,(H2,32,38)(H2,33,34,35,36). The first-order chi connectivity index (χ1) is 19.8. The van der Waals surface area contributed by atoms with Crippen molar-refractivity contribution >= 4 is 50.5 Å². The molecule has 0 spiro atoms. The minimum Gasteiger partial charge on any atom is -0.489 e. The molecule has 1 fully saturated rings. The van der Waals surface area contributed by atoms with Crippen LogP contribution in [0.2, 0.25) is 5.02 Å². The minimum atomic E-state index is -3.55. The van der Waals surface area contributed by atoms with Crippen LogP contribution in [0.1, 0.15) is 57.6 Å². The second-order valence-corrected chi connectivity index (χ2v) is 14.0. The lowest BCUT2D eigenvalue weighted by molar-refractivity contribution is -0.119. The van der Waals surface area contributed by atoms with Gasteiger partial charge in [0.2, 0.25) is 11.9 Å². The van der Waals surface area contributed by atoms with Crippen molar-refractivity contribution < 1.29 is 17.9 Å². The number of piperidine rings is 1. The van der Waals surface area contributed by atoms with Crippen LogP contribution in [0.5, 0.6) is 5.75 Å². The van der Waals surface area contributed by atoms with E-state index >= 15 is 0 Å². The van der Waals surface area contributed by atoms with Crippen molar-refractivity contribution in [3.05, 3.63) is 58.7 Å². The molecule has 0 bridgehead atoms. The molecule has 226 valence electrons. The molecule has 2 aromatic carbocycles. The fraction of sp³-hybridized carbons (Fsp3) is 0.433. The van der Waals surface area contributed by atoms with E-state index in [1.807, 2.05) is 19.9 Å². The van der Waals surface area contributed by atoms with Crippen molar-refractivity contribution in [2.75, 3.05) is 30.3 Å². The number of likely N-dealkylation sites (tertiary alicyclic amines) is 1. The van der Waals surface area contributed by atoms with E-state index < -0.39 is 15.1 Å². The molecule has 1 aromatic heterocycles. The van der Waals surface area contributed by atoms with Gasteiger partial charge in [-0.15, -0.1) is 0 Å². The van der Waals surface area contributed by atoms with E-state index in [4.69, 9.17) is 22.1 Å². The number of nitrogens with one attached hydrogen (secondary N) is 2. The number of hydrogen-bond donors (Lipinski definition) is 3. The molecule has 3 aromatic rings. The third-order valence-electron chi connectivity index (χ3n) is 7.20. The minimum absolute atomic E-state index is 0.0682. The van der Waals surface area contributed by atoms with Gasteiger partial charge in [0.15, 0.2) is 15.7 Å². The van der Waals surface area contributed by atoms with Gasteiger partial charge >= 0.3 is 0 Å². The largest absolute Gasteiger partial charge is 0.489 e. The Morgan fingerprint density at radius 3 is 2.45 bits per heavy atom. The van der Waals surface area contributed by atoms with E-state index in [2.05, 4.69) is 38.5 Å². The molecule has 2 heterocycles. The van der Waals surface area contributed by atoms with Crippen molar-refractivity contribution in [1.82, 2.24) is 14.9 Å². The van der Waals surface area contributed by atoms with Gasteiger partial charge in [-0.25, -0.2) is 13.4 Å². The van der Waals surface area contributed by atoms with Gasteiger partial charge in [0.05, 0.1) is 40.4 Å². The third kappa shape index (κ3) is 7.50. The summed E-state index contributed by atoms with van der Waals surface area (Å²) in [7, 11) is -3.55. The number of para-hydroxylation sites is 1. The predicted molar refractivity (Wildman–Crippen MR) is 167 cm³/mol. The molecule has 12 heteroatoms. The van der Waals surface area contributed by atoms with Gasteiger partial charge in [0, 0.05) is 0 Å². The van der Waals surface area contributed by atoms with E-state index in [0.717, 1.165) is 31.5 Å². The van der Waals surface area contributed by atoms with Crippen LogP contribution in [0, 0.1) is 6.92 Å². The van der Waals surface area contributed by atoms with Gasteiger partial charge in [-0.3, -0.25) is 9.69 Å². The molecule has 42 heavy (non-hydrogen) atoms. The average molecular weight is 615 g/mol. The number of carbonyl (C=O) groups excluding carboxylic acids is 1. The molecule has 0 atom stereocenters. The molecule has 0 radical (unpaired) electrons. The van der Waals surface area contributed by atoms with Gasteiger partial charge in [-0.1, -0.05) is 23.7 Å². The third-order valence-corrected chi connectivity index (χ3v) is 9.68. The normalized spacial score (nSPS) is 14.8. The van der Waals surface area contributed by atoms with Gasteiger partial charge in [0.1, 0.15) is 10.8 Å². The van der Waals surface area contributed by atoms with E-state index in [9.17, 15) is 13.2 Å². The first kappa shape index (κ1) is 31.5. The number of rotatable bonds is 11. The lowest BCUT2D eigenvalue weighted by Crippen LogP contribution is -2.39. The number of primary amides is 1. The smallest absolute Gasteiger partial charge is 0.231 e. The number of aromatic nitrogens is 2. The summed E-state index contributed by atoms with van der Waals surface area (Å²) >= 11 is 6.43. The number of amides is 1. The molecule has 0 saturated carbocycles. The maximum atomic E-state index is 12.9. The zero-order valence-electron chi connectivity index (χ0n) is 24.6. The van der Waals surface area contributed by atoms with Crippen molar-refractivity contribution in [3.63, 3.8) is 0 Å². The summed E-state index contributed by atoms with van der Waals surface area (Å²) in [5, 5.41) is 6.01. The fourth-order valence-corrected chi connectivity index (χ4v) is 6.39. The molecule has 4 rings (SSSR count). The Bertz CT molecular complexity index is 1540. The van der Waals surface area contributed by atoms with Crippen molar-refractivity contribution in [2.45, 2.75) is 69.6 Å². The highest BCUT2D eigenvalue weighted by molar-refractivity contribution is 7.92. The summed E-state index contributed by atoms with van der Waals surface area (Å²) in [6.45, 7) is 11.2. The maximum Gasteiger partial charge on any atom is 0.231 e. The summed E-state index contributed by atoms with van der Waals surface area (Å²) in [6.07, 6.45) is 3.24. The fourth-order valence-electron chi connectivity index (χ4n) is 5.05. The molecular formula is C30H39ClN6O4S.